The molecule has 1 aromatic heterocycles. The summed E-state index contributed by atoms with van der Waals surface area (Å²) in [7, 11) is 0. The summed E-state index contributed by atoms with van der Waals surface area (Å²) >= 11 is 0. The van der Waals surface area contributed by atoms with Crippen molar-refractivity contribution in [3.05, 3.63) is 18.0 Å². The quantitative estimate of drug-likeness (QED) is 0.914. The SMILES string of the molecule is Cc1cnc(NCC2CCN(C(=O)OC(C)(C)C)CC2(F)F)nc1. The van der Waals surface area contributed by atoms with Crippen molar-refractivity contribution in [1.29, 1.82) is 0 Å². The van der Waals surface area contributed by atoms with Crippen molar-refractivity contribution in [3.63, 3.8) is 0 Å². The van der Waals surface area contributed by atoms with Gasteiger partial charge in [0.25, 0.3) is 5.92 Å². The first-order valence-corrected chi connectivity index (χ1v) is 7.95. The summed E-state index contributed by atoms with van der Waals surface area (Å²) in [5.74, 6) is -3.56. The fourth-order valence-corrected chi connectivity index (χ4v) is 2.42. The average Bonchev–Trinajstić information content (AvgIpc) is 2.45. The van der Waals surface area contributed by atoms with Crippen molar-refractivity contribution >= 4 is 12.0 Å². The first-order valence-electron chi connectivity index (χ1n) is 7.95. The summed E-state index contributed by atoms with van der Waals surface area (Å²) in [4.78, 5) is 21.1. The second-order valence-electron chi connectivity index (χ2n) is 7.11. The average molecular weight is 342 g/mol. The molecule has 1 amide bonds. The smallest absolute Gasteiger partial charge is 0.410 e. The van der Waals surface area contributed by atoms with Crippen LogP contribution in [0.4, 0.5) is 19.5 Å². The first kappa shape index (κ1) is 18.4. The van der Waals surface area contributed by atoms with Crippen LogP contribution in [0.2, 0.25) is 0 Å². The molecule has 24 heavy (non-hydrogen) atoms. The van der Waals surface area contributed by atoms with E-state index >= 15 is 0 Å². The zero-order valence-electron chi connectivity index (χ0n) is 14.5. The van der Waals surface area contributed by atoms with Gasteiger partial charge in [-0.05, 0) is 39.7 Å². The van der Waals surface area contributed by atoms with Crippen molar-refractivity contribution < 1.29 is 18.3 Å². The van der Waals surface area contributed by atoms with Crippen molar-refractivity contribution in [1.82, 2.24) is 14.9 Å². The molecule has 1 saturated heterocycles. The highest BCUT2D eigenvalue weighted by Crippen LogP contribution is 2.33. The zero-order chi connectivity index (χ0) is 18.0. The summed E-state index contributed by atoms with van der Waals surface area (Å²) in [6.07, 6.45) is 2.73. The minimum atomic E-state index is -2.99. The summed E-state index contributed by atoms with van der Waals surface area (Å²) in [6, 6.07) is 0. The van der Waals surface area contributed by atoms with Gasteiger partial charge in [0, 0.05) is 31.4 Å². The molecule has 1 N–H and O–H groups in total. The van der Waals surface area contributed by atoms with E-state index in [-0.39, 0.29) is 19.5 Å². The maximum absolute atomic E-state index is 14.3. The van der Waals surface area contributed by atoms with E-state index in [9.17, 15) is 13.6 Å². The van der Waals surface area contributed by atoms with E-state index in [4.69, 9.17) is 4.74 Å². The molecule has 0 saturated carbocycles. The van der Waals surface area contributed by atoms with Gasteiger partial charge in [-0.1, -0.05) is 0 Å². The summed E-state index contributed by atoms with van der Waals surface area (Å²) in [5.41, 5.74) is 0.199. The Morgan fingerprint density at radius 2 is 2.04 bits per heavy atom. The molecule has 8 heteroatoms. The summed E-state index contributed by atoms with van der Waals surface area (Å²) in [5, 5.41) is 2.84. The van der Waals surface area contributed by atoms with Crippen LogP contribution in [-0.2, 0) is 4.74 Å². The number of nitrogens with one attached hydrogen (secondary N) is 1. The van der Waals surface area contributed by atoms with Gasteiger partial charge in [0.15, 0.2) is 0 Å². The molecule has 1 aliphatic heterocycles. The number of alkyl halides is 2. The Morgan fingerprint density at radius 1 is 1.42 bits per heavy atom. The number of anilines is 1. The number of likely N-dealkylation sites (tertiary alicyclic amines) is 1. The van der Waals surface area contributed by atoms with Crippen LogP contribution in [-0.4, -0.2) is 52.1 Å². The lowest BCUT2D eigenvalue weighted by Crippen LogP contribution is -2.53. The fraction of sp³-hybridized carbons (Fsp3) is 0.688. The highest BCUT2D eigenvalue weighted by Gasteiger charge is 2.46. The van der Waals surface area contributed by atoms with Gasteiger partial charge in [0.2, 0.25) is 5.95 Å². The summed E-state index contributed by atoms with van der Waals surface area (Å²) < 4.78 is 33.9. The molecule has 1 fully saturated rings. The second-order valence-corrected chi connectivity index (χ2v) is 7.11. The van der Waals surface area contributed by atoms with Crippen LogP contribution in [0.1, 0.15) is 32.8 Å². The number of amides is 1. The van der Waals surface area contributed by atoms with E-state index in [1.54, 1.807) is 33.2 Å². The predicted molar refractivity (Wildman–Crippen MR) is 86.1 cm³/mol. The number of hydrogen-bond acceptors (Lipinski definition) is 5. The fourth-order valence-electron chi connectivity index (χ4n) is 2.42. The molecule has 2 rings (SSSR count). The Labute approximate surface area is 140 Å². The molecule has 1 atom stereocenters. The van der Waals surface area contributed by atoms with Gasteiger partial charge >= 0.3 is 6.09 Å². The molecule has 0 radical (unpaired) electrons. The largest absolute Gasteiger partial charge is 0.444 e. The zero-order valence-corrected chi connectivity index (χ0v) is 14.5. The lowest BCUT2D eigenvalue weighted by molar-refractivity contribution is -0.106. The van der Waals surface area contributed by atoms with Crippen molar-refractivity contribution in [2.75, 3.05) is 25.0 Å². The van der Waals surface area contributed by atoms with Gasteiger partial charge in [0.1, 0.15) is 5.60 Å². The van der Waals surface area contributed by atoms with Crippen LogP contribution in [0, 0.1) is 12.8 Å². The monoisotopic (exact) mass is 342 g/mol. The van der Waals surface area contributed by atoms with Gasteiger partial charge in [-0.25, -0.2) is 23.5 Å². The van der Waals surface area contributed by atoms with Crippen molar-refractivity contribution in [2.24, 2.45) is 5.92 Å². The number of halogens is 2. The van der Waals surface area contributed by atoms with E-state index in [2.05, 4.69) is 15.3 Å². The first-order chi connectivity index (χ1) is 11.1. The van der Waals surface area contributed by atoms with Gasteiger partial charge in [0.05, 0.1) is 6.54 Å². The van der Waals surface area contributed by atoms with Crippen LogP contribution in [0.15, 0.2) is 12.4 Å². The second kappa shape index (κ2) is 6.86. The number of aryl methyl sites for hydroxylation is 1. The molecule has 0 aromatic carbocycles. The molecule has 0 bridgehead atoms. The number of nitrogens with zero attached hydrogens (tertiary/aromatic N) is 3. The highest BCUT2D eigenvalue weighted by molar-refractivity contribution is 5.68. The number of piperidine rings is 1. The Morgan fingerprint density at radius 3 is 2.58 bits per heavy atom. The van der Waals surface area contributed by atoms with Crippen molar-refractivity contribution in [2.45, 2.75) is 45.6 Å². The number of ether oxygens (including phenoxy) is 1. The Hall–Kier alpha value is -1.99. The minimum Gasteiger partial charge on any atom is -0.444 e. The lowest BCUT2D eigenvalue weighted by atomic mass is 9.93. The number of carbonyl (C=O) groups is 1. The lowest BCUT2D eigenvalue weighted by Gasteiger charge is -2.38. The molecule has 134 valence electrons. The third kappa shape index (κ3) is 5.01. The van der Waals surface area contributed by atoms with Crippen LogP contribution in [0.5, 0.6) is 0 Å². The van der Waals surface area contributed by atoms with E-state index < -0.39 is 30.1 Å². The highest BCUT2D eigenvalue weighted by atomic mass is 19.3. The minimum absolute atomic E-state index is 0.0538. The normalized spacial score (nSPS) is 20.6. The van der Waals surface area contributed by atoms with Crippen LogP contribution < -0.4 is 5.32 Å². The third-order valence-corrected chi connectivity index (χ3v) is 3.69. The molecule has 1 unspecified atom stereocenters. The van der Waals surface area contributed by atoms with E-state index in [1.165, 1.54) is 0 Å². The summed E-state index contributed by atoms with van der Waals surface area (Å²) in [6.45, 7) is 6.64. The van der Waals surface area contributed by atoms with Crippen molar-refractivity contribution in [3.8, 4) is 0 Å². The molecular formula is C16H24F2N4O2. The Balaban J connectivity index is 1.91. The number of aromatic nitrogens is 2. The van der Waals surface area contributed by atoms with Gasteiger partial charge in [-0.15, -0.1) is 0 Å². The van der Waals surface area contributed by atoms with E-state index in [0.29, 0.717) is 5.95 Å². The third-order valence-electron chi connectivity index (χ3n) is 3.69. The molecule has 1 aromatic rings. The van der Waals surface area contributed by atoms with E-state index in [0.717, 1.165) is 10.5 Å². The molecule has 6 nitrogen and oxygen atoms in total. The Bertz CT molecular complexity index is 572. The molecule has 2 heterocycles. The number of carbonyl (C=O) groups excluding carboxylic acids is 1. The molecule has 0 aliphatic carbocycles. The molecular weight excluding hydrogens is 318 g/mol. The van der Waals surface area contributed by atoms with Crippen LogP contribution in [0.25, 0.3) is 0 Å². The molecule has 0 spiro atoms. The standard InChI is InChI=1S/C16H24F2N4O2/c1-11-7-19-13(20-8-11)21-9-12-5-6-22(10-16(12,17)18)14(23)24-15(2,3)4/h7-8,12H,5-6,9-10H2,1-4H3,(H,19,20,21). The number of hydrogen-bond donors (Lipinski definition) is 1. The maximum atomic E-state index is 14.3. The number of rotatable bonds is 3. The van der Waals surface area contributed by atoms with Crippen LogP contribution in [0.3, 0.4) is 0 Å². The van der Waals surface area contributed by atoms with Gasteiger partial charge in [-0.3, -0.25) is 0 Å². The topological polar surface area (TPSA) is 67.4 Å². The van der Waals surface area contributed by atoms with Gasteiger partial charge in [-0.2, -0.15) is 0 Å². The van der Waals surface area contributed by atoms with E-state index in [1.807, 2.05) is 6.92 Å². The van der Waals surface area contributed by atoms with Gasteiger partial charge < -0.3 is 15.0 Å². The molecule has 1 aliphatic rings. The Kier molecular flexibility index (Phi) is 5.25. The van der Waals surface area contributed by atoms with Crippen LogP contribution >= 0.6 is 0 Å². The maximum Gasteiger partial charge on any atom is 0.410 e. The predicted octanol–water partition coefficient (Wildman–Crippen LogP) is 3.09.